The molecule has 1 amide bonds. The zero-order valence-corrected chi connectivity index (χ0v) is 14.5. The van der Waals surface area contributed by atoms with Gasteiger partial charge < -0.3 is 19.5 Å². The number of ether oxygens (including phenoxy) is 1. The van der Waals surface area contributed by atoms with Gasteiger partial charge in [0.05, 0.1) is 6.61 Å². The normalized spacial score (nSPS) is 14.5. The zero-order valence-electron chi connectivity index (χ0n) is 14.5. The fraction of sp³-hybridized carbons (Fsp3) is 0.389. The quantitative estimate of drug-likeness (QED) is 0.910. The molecule has 25 heavy (non-hydrogen) atoms. The van der Waals surface area contributed by atoms with Gasteiger partial charge in [0.1, 0.15) is 5.82 Å². The molecule has 1 aliphatic rings. The maximum Gasteiger partial charge on any atom is 0.254 e. The van der Waals surface area contributed by atoms with E-state index in [0.717, 1.165) is 5.82 Å². The Morgan fingerprint density at radius 3 is 2.68 bits per heavy atom. The van der Waals surface area contributed by atoms with Gasteiger partial charge in [-0.25, -0.2) is 0 Å². The Kier molecular flexibility index (Phi) is 5.02. The lowest BCUT2D eigenvalue weighted by molar-refractivity contribution is 0.0746. The van der Waals surface area contributed by atoms with Crippen molar-refractivity contribution in [3.05, 3.63) is 51.9 Å². The van der Waals surface area contributed by atoms with Gasteiger partial charge in [0.25, 0.3) is 5.91 Å². The second kappa shape index (κ2) is 7.38. The van der Waals surface area contributed by atoms with Gasteiger partial charge in [-0.1, -0.05) is 6.07 Å². The summed E-state index contributed by atoms with van der Waals surface area (Å²) in [7, 11) is 0. The Morgan fingerprint density at radius 2 is 2.00 bits per heavy atom. The van der Waals surface area contributed by atoms with Crippen LogP contribution in [0.5, 0.6) is 5.88 Å². The molecule has 1 N–H and O–H groups in total. The van der Waals surface area contributed by atoms with E-state index in [4.69, 9.17) is 4.74 Å². The maximum absolute atomic E-state index is 12.6. The van der Waals surface area contributed by atoms with Gasteiger partial charge in [-0.2, -0.15) is 4.98 Å². The number of piperazine rings is 1. The van der Waals surface area contributed by atoms with Gasteiger partial charge in [-0.05, 0) is 26.0 Å². The predicted octanol–water partition coefficient (Wildman–Crippen LogP) is 1.44. The molecular formula is C18H22N4O3. The van der Waals surface area contributed by atoms with Crippen molar-refractivity contribution >= 4 is 11.7 Å². The number of H-pyrrole nitrogens is 1. The summed E-state index contributed by atoms with van der Waals surface area (Å²) in [4.78, 5) is 35.2. The molecule has 0 saturated carbocycles. The number of aromatic nitrogens is 2. The molecule has 132 valence electrons. The van der Waals surface area contributed by atoms with Crippen molar-refractivity contribution in [2.75, 3.05) is 37.7 Å². The number of aromatic amines is 1. The van der Waals surface area contributed by atoms with Gasteiger partial charge >= 0.3 is 0 Å². The van der Waals surface area contributed by atoms with Gasteiger partial charge in [0, 0.05) is 49.6 Å². The van der Waals surface area contributed by atoms with Gasteiger partial charge in [-0.3, -0.25) is 9.59 Å². The third-order valence-electron chi connectivity index (χ3n) is 4.12. The molecule has 2 aromatic heterocycles. The van der Waals surface area contributed by atoms with Crippen LogP contribution in [-0.2, 0) is 0 Å². The first-order valence-electron chi connectivity index (χ1n) is 8.42. The lowest BCUT2D eigenvalue weighted by Gasteiger charge is -2.35. The number of nitrogens with zero attached hydrogens (tertiary/aromatic N) is 3. The molecule has 1 saturated heterocycles. The van der Waals surface area contributed by atoms with Crippen LogP contribution in [0.25, 0.3) is 0 Å². The molecule has 0 atom stereocenters. The van der Waals surface area contributed by atoms with E-state index in [0.29, 0.717) is 49.9 Å². The predicted molar refractivity (Wildman–Crippen MR) is 95.3 cm³/mol. The second-order valence-corrected chi connectivity index (χ2v) is 5.96. The molecule has 0 unspecified atom stereocenters. The largest absolute Gasteiger partial charge is 0.478 e. The van der Waals surface area contributed by atoms with Crippen molar-refractivity contribution in [2.24, 2.45) is 0 Å². The summed E-state index contributed by atoms with van der Waals surface area (Å²) in [5, 5.41) is 0. The molecule has 0 radical (unpaired) electrons. The van der Waals surface area contributed by atoms with Crippen molar-refractivity contribution in [1.29, 1.82) is 0 Å². The third kappa shape index (κ3) is 3.99. The molecule has 3 rings (SSSR count). The number of anilines is 1. The number of carbonyl (C=O) groups excluding carboxylic acids is 1. The summed E-state index contributed by atoms with van der Waals surface area (Å²) in [6.45, 7) is 6.83. The topological polar surface area (TPSA) is 78.5 Å². The van der Waals surface area contributed by atoms with E-state index in [2.05, 4.69) is 14.9 Å². The second-order valence-electron chi connectivity index (χ2n) is 5.96. The molecule has 0 spiro atoms. The van der Waals surface area contributed by atoms with Crippen LogP contribution in [0.15, 0.2) is 35.1 Å². The highest BCUT2D eigenvalue weighted by Gasteiger charge is 2.23. The number of rotatable bonds is 4. The minimum atomic E-state index is -0.251. The Balaban J connectivity index is 1.66. The summed E-state index contributed by atoms with van der Waals surface area (Å²) < 4.78 is 5.44. The number of pyridine rings is 2. The fourth-order valence-electron chi connectivity index (χ4n) is 2.94. The number of hydrogen-bond acceptors (Lipinski definition) is 5. The highest BCUT2D eigenvalue weighted by molar-refractivity contribution is 5.94. The number of nitrogens with one attached hydrogen (secondary N) is 1. The molecule has 1 fully saturated rings. The number of aryl methyl sites for hydroxylation is 1. The molecule has 0 aromatic carbocycles. The molecule has 2 aromatic rings. The molecule has 3 heterocycles. The summed E-state index contributed by atoms with van der Waals surface area (Å²) >= 11 is 0. The van der Waals surface area contributed by atoms with Crippen LogP contribution in [-0.4, -0.2) is 53.6 Å². The summed E-state index contributed by atoms with van der Waals surface area (Å²) in [5.74, 6) is 1.35. The molecule has 7 nitrogen and oxygen atoms in total. The monoisotopic (exact) mass is 342 g/mol. The molecule has 0 aliphatic carbocycles. The average Bonchev–Trinajstić information content (AvgIpc) is 2.61. The fourth-order valence-corrected chi connectivity index (χ4v) is 2.94. The van der Waals surface area contributed by atoms with E-state index in [1.165, 1.54) is 6.07 Å². The van der Waals surface area contributed by atoms with Crippen molar-refractivity contribution < 1.29 is 9.53 Å². The van der Waals surface area contributed by atoms with Crippen molar-refractivity contribution in [2.45, 2.75) is 13.8 Å². The zero-order chi connectivity index (χ0) is 17.8. The third-order valence-corrected chi connectivity index (χ3v) is 4.12. The van der Waals surface area contributed by atoms with Gasteiger partial charge in [0.15, 0.2) is 0 Å². The number of amides is 1. The van der Waals surface area contributed by atoms with Crippen LogP contribution in [0.4, 0.5) is 5.82 Å². The summed E-state index contributed by atoms with van der Waals surface area (Å²) in [6, 6.07) is 8.77. The first-order chi connectivity index (χ1) is 12.1. The van der Waals surface area contributed by atoms with Gasteiger partial charge in [0.2, 0.25) is 11.4 Å². The van der Waals surface area contributed by atoms with E-state index in [1.807, 2.05) is 25.1 Å². The maximum atomic E-state index is 12.6. The van der Waals surface area contributed by atoms with Crippen LogP contribution >= 0.6 is 0 Å². The van der Waals surface area contributed by atoms with Crippen LogP contribution in [0, 0.1) is 6.92 Å². The Bertz CT molecular complexity index is 810. The molecule has 1 aliphatic heterocycles. The first kappa shape index (κ1) is 17.0. The van der Waals surface area contributed by atoms with Crippen molar-refractivity contribution in [3.63, 3.8) is 0 Å². The minimum Gasteiger partial charge on any atom is -0.478 e. The van der Waals surface area contributed by atoms with Gasteiger partial charge in [-0.15, -0.1) is 0 Å². The van der Waals surface area contributed by atoms with Crippen LogP contribution in [0.3, 0.4) is 0 Å². The minimum absolute atomic E-state index is 0.107. The Hall–Kier alpha value is -2.83. The van der Waals surface area contributed by atoms with Crippen LogP contribution in [0.1, 0.15) is 23.0 Å². The number of hydrogen-bond donors (Lipinski definition) is 1. The van der Waals surface area contributed by atoms with E-state index < -0.39 is 0 Å². The smallest absolute Gasteiger partial charge is 0.254 e. The van der Waals surface area contributed by atoms with E-state index in [-0.39, 0.29) is 11.5 Å². The highest BCUT2D eigenvalue weighted by atomic mass is 16.5. The molecular weight excluding hydrogens is 320 g/mol. The van der Waals surface area contributed by atoms with Crippen LogP contribution < -0.4 is 15.2 Å². The SMILES string of the molecule is CCOc1cccc(N2CCN(C(=O)c3cc(C)[nH]c(=O)c3)CC2)n1. The van der Waals surface area contributed by atoms with Crippen LogP contribution in [0.2, 0.25) is 0 Å². The van der Waals surface area contributed by atoms with E-state index in [9.17, 15) is 9.59 Å². The molecule has 7 heteroatoms. The van der Waals surface area contributed by atoms with Crippen molar-refractivity contribution in [3.8, 4) is 5.88 Å². The Labute approximate surface area is 146 Å². The van der Waals surface area contributed by atoms with Crippen molar-refractivity contribution in [1.82, 2.24) is 14.9 Å². The Morgan fingerprint density at radius 1 is 1.24 bits per heavy atom. The summed E-state index contributed by atoms with van der Waals surface area (Å²) in [5.41, 5.74) is 0.872. The van der Waals surface area contributed by atoms with E-state index >= 15 is 0 Å². The van der Waals surface area contributed by atoms with E-state index in [1.54, 1.807) is 17.9 Å². The standard InChI is InChI=1S/C18H22N4O3/c1-3-25-17-6-4-5-15(20-17)21-7-9-22(10-8-21)18(24)14-11-13(2)19-16(23)12-14/h4-6,11-12H,3,7-10H2,1-2H3,(H,19,23). The summed E-state index contributed by atoms with van der Waals surface area (Å²) in [6.07, 6.45) is 0. The number of carbonyl (C=O) groups is 1. The lowest BCUT2D eigenvalue weighted by atomic mass is 10.2. The highest BCUT2D eigenvalue weighted by Crippen LogP contribution is 2.18. The molecule has 0 bridgehead atoms. The lowest BCUT2D eigenvalue weighted by Crippen LogP contribution is -2.49. The average molecular weight is 342 g/mol. The first-order valence-corrected chi connectivity index (χ1v) is 8.42.